The van der Waals surface area contributed by atoms with Crippen LogP contribution >= 0.6 is 0 Å². The summed E-state index contributed by atoms with van der Waals surface area (Å²) in [5, 5.41) is 16.8. The third kappa shape index (κ3) is 2.48. The van der Waals surface area contributed by atoms with E-state index in [0.717, 1.165) is 6.42 Å². The average Bonchev–Trinajstić information content (AvgIpc) is 2.13. The molecule has 0 spiro atoms. The van der Waals surface area contributed by atoms with Gasteiger partial charge in [0, 0.05) is 0 Å². The van der Waals surface area contributed by atoms with Crippen LogP contribution in [0.25, 0.3) is 0 Å². The molecule has 86 valence electrons. The molecule has 0 radical (unpaired) electrons. The minimum absolute atomic E-state index is 0.200. The maximum Gasteiger partial charge on any atom is 0.228 e. The van der Waals surface area contributed by atoms with E-state index in [1.54, 1.807) is 13.0 Å². The maximum atomic E-state index is 11.7. The molecule has 1 unspecified atom stereocenters. The van der Waals surface area contributed by atoms with Crippen LogP contribution in [0.3, 0.4) is 0 Å². The van der Waals surface area contributed by atoms with Crippen molar-refractivity contribution in [3.8, 4) is 6.07 Å². The summed E-state index contributed by atoms with van der Waals surface area (Å²) in [6.07, 6.45) is 2.45. The van der Waals surface area contributed by atoms with Crippen LogP contribution in [0.2, 0.25) is 0 Å². The molecule has 0 heterocycles. The Bertz CT molecular complexity index is 349. The number of nitriles is 1. The fraction of sp³-hybridized carbons (Fsp3) is 0.889. The highest BCUT2D eigenvalue weighted by atomic mass is 32.2. The summed E-state index contributed by atoms with van der Waals surface area (Å²) < 4.78 is 25.9. The van der Waals surface area contributed by atoms with Crippen LogP contribution in [0.4, 0.5) is 0 Å². The summed E-state index contributed by atoms with van der Waals surface area (Å²) in [6.45, 7) is 1.45. The van der Waals surface area contributed by atoms with Gasteiger partial charge in [0.05, 0.1) is 18.2 Å². The standard InChI is InChI=1S/C9H16N2O3S/c1-2-8(6-10)15(13,14)11-9(7-12)4-3-5-9/h8,11-12H,2-5,7H2,1H3. The van der Waals surface area contributed by atoms with E-state index in [1.807, 2.05) is 0 Å². The summed E-state index contributed by atoms with van der Waals surface area (Å²) in [5.74, 6) is 0. The summed E-state index contributed by atoms with van der Waals surface area (Å²) in [5.41, 5.74) is -0.705. The molecule has 1 aliphatic carbocycles. The summed E-state index contributed by atoms with van der Waals surface area (Å²) in [4.78, 5) is 0. The maximum absolute atomic E-state index is 11.7. The predicted octanol–water partition coefficient (Wildman–Crippen LogP) is 0.123. The van der Waals surface area contributed by atoms with Gasteiger partial charge in [0.2, 0.25) is 10.0 Å². The highest BCUT2D eigenvalue weighted by Gasteiger charge is 2.41. The number of hydrogen-bond donors (Lipinski definition) is 2. The number of nitrogens with one attached hydrogen (secondary N) is 1. The minimum atomic E-state index is -3.62. The molecular weight excluding hydrogens is 216 g/mol. The van der Waals surface area contributed by atoms with Crippen LogP contribution in [-0.4, -0.2) is 30.9 Å². The van der Waals surface area contributed by atoms with Crippen molar-refractivity contribution < 1.29 is 13.5 Å². The number of rotatable bonds is 5. The van der Waals surface area contributed by atoms with Crippen molar-refractivity contribution in [1.82, 2.24) is 4.72 Å². The second-order valence-electron chi connectivity index (χ2n) is 3.97. The van der Waals surface area contributed by atoms with Crippen molar-refractivity contribution in [3.05, 3.63) is 0 Å². The SMILES string of the molecule is CCC(C#N)S(=O)(=O)NC1(CO)CCC1. The molecule has 1 fully saturated rings. The smallest absolute Gasteiger partial charge is 0.228 e. The van der Waals surface area contributed by atoms with Crippen molar-refractivity contribution in [1.29, 1.82) is 5.26 Å². The highest BCUT2D eigenvalue weighted by molar-refractivity contribution is 7.90. The summed E-state index contributed by atoms with van der Waals surface area (Å²) in [7, 11) is -3.62. The number of aliphatic hydroxyl groups excluding tert-OH is 1. The van der Waals surface area contributed by atoms with Gasteiger partial charge in [-0.1, -0.05) is 6.92 Å². The van der Waals surface area contributed by atoms with Crippen LogP contribution in [0.15, 0.2) is 0 Å². The third-order valence-corrected chi connectivity index (χ3v) is 4.77. The Kier molecular flexibility index (Phi) is 3.71. The molecule has 1 saturated carbocycles. The number of hydrogen-bond acceptors (Lipinski definition) is 4. The number of nitrogens with zero attached hydrogens (tertiary/aromatic N) is 1. The van der Waals surface area contributed by atoms with E-state index in [1.165, 1.54) is 0 Å². The van der Waals surface area contributed by atoms with Crippen LogP contribution in [-0.2, 0) is 10.0 Å². The van der Waals surface area contributed by atoms with E-state index in [0.29, 0.717) is 12.8 Å². The quantitative estimate of drug-likeness (QED) is 0.704. The molecule has 6 heteroatoms. The topological polar surface area (TPSA) is 90.2 Å². The molecule has 0 aliphatic heterocycles. The third-order valence-electron chi connectivity index (χ3n) is 2.86. The highest BCUT2D eigenvalue weighted by Crippen LogP contribution is 2.32. The lowest BCUT2D eigenvalue weighted by atomic mass is 9.78. The van der Waals surface area contributed by atoms with E-state index in [2.05, 4.69) is 4.72 Å². The molecule has 5 nitrogen and oxygen atoms in total. The van der Waals surface area contributed by atoms with Crippen molar-refractivity contribution in [3.63, 3.8) is 0 Å². The molecule has 2 N–H and O–H groups in total. The van der Waals surface area contributed by atoms with E-state index in [9.17, 15) is 8.42 Å². The minimum Gasteiger partial charge on any atom is -0.394 e. The Morgan fingerprint density at radius 1 is 1.60 bits per heavy atom. The first-order valence-corrected chi connectivity index (χ1v) is 6.57. The molecule has 0 saturated heterocycles. The average molecular weight is 232 g/mol. The van der Waals surface area contributed by atoms with E-state index in [-0.39, 0.29) is 13.0 Å². The molecule has 0 aromatic rings. The van der Waals surface area contributed by atoms with Gasteiger partial charge in [-0.3, -0.25) is 0 Å². The molecule has 1 aliphatic rings. The Morgan fingerprint density at radius 2 is 2.20 bits per heavy atom. The van der Waals surface area contributed by atoms with Gasteiger partial charge in [0.15, 0.2) is 5.25 Å². The fourth-order valence-corrected chi connectivity index (χ4v) is 3.24. The summed E-state index contributed by atoms with van der Waals surface area (Å²) >= 11 is 0. The van der Waals surface area contributed by atoms with Gasteiger partial charge < -0.3 is 5.11 Å². The van der Waals surface area contributed by atoms with E-state index in [4.69, 9.17) is 10.4 Å². The van der Waals surface area contributed by atoms with Crippen molar-refractivity contribution >= 4 is 10.0 Å². The molecule has 0 aromatic heterocycles. The van der Waals surface area contributed by atoms with Gasteiger partial charge in [0.25, 0.3) is 0 Å². The first-order valence-electron chi connectivity index (χ1n) is 5.03. The molecular formula is C9H16N2O3S. The predicted molar refractivity (Wildman–Crippen MR) is 55.4 cm³/mol. The van der Waals surface area contributed by atoms with Crippen LogP contribution in [0.1, 0.15) is 32.6 Å². The van der Waals surface area contributed by atoms with Gasteiger partial charge in [-0.05, 0) is 25.7 Å². The molecule has 0 amide bonds. The largest absolute Gasteiger partial charge is 0.394 e. The lowest BCUT2D eigenvalue weighted by Gasteiger charge is -2.40. The van der Waals surface area contributed by atoms with Gasteiger partial charge >= 0.3 is 0 Å². The Labute approximate surface area is 90.2 Å². The molecule has 0 bridgehead atoms. The number of sulfonamides is 1. The normalized spacial score (nSPS) is 21.4. The number of aliphatic hydroxyl groups is 1. The fourth-order valence-electron chi connectivity index (χ4n) is 1.65. The second-order valence-corrected chi connectivity index (χ2v) is 5.83. The second kappa shape index (κ2) is 4.47. The molecule has 15 heavy (non-hydrogen) atoms. The molecule has 0 aromatic carbocycles. The van der Waals surface area contributed by atoms with Gasteiger partial charge in [-0.15, -0.1) is 0 Å². The Hall–Kier alpha value is -0.640. The van der Waals surface area contributed by atoms with Crippen molar-refractivity contribution in [2.75, 3.05) is 6.61 Å². The monoisotopic (exact) mass is 232 g/mol. The van der Waals surface area contributed by atoms with Crippen LogP contribution < -0.4 is 4.72 Å². The summed E-state index contributed by atoms with van der Waals surface area (Å²) in [6, 6.07) is 1.75. The lowest BCUT2D eigenvalue weighted by Crippen LogP contribution is -2.57. The van der Waals surface area contributed by atoms with Crippen LogP contribution in [0.5, 0.6) is 0 Å². The Morgan fingerprint density at radius 3 is 2.47 bits per heavy atom. The van der Waals surface area contributed by atoms with Crippen LogP contribution in [0, 0.1) is 11.3 Å². The first-order chi connectivity index (χ1) is 6.99. The van der Waals surface area contributed by atoms with Gasteiger partial charge in [0.1, 0.15) is 0 Å². The van der Waals surface area contributed by atoms with Crippen molar-refractivity contribution in [2.24, 2.45) is 0 Å². The zero-order chi connectivity index (χ0) is 11.5. The zero-order valence-electron chi connectivity index (χ0n) is 8.73. The molecule has 1 rings (SSSR count). The van der Waals surface area contributed by atoms with E-state index >= 15 is 0 Å². The first kappa shape index (κ1) is 12.4. The molecule has 1 atom stereocenters. The lowest BCUT2D eigenvalue weighted by molar-refractivity contribution is 0.110. The van der Waals surface area contributed by atoms with Gasteiger partial charge in [-0.2, -0.15) is 5.26 Å². The Balaban J connectivity index is 2.76. The van der Waals surface area contributed by atoms with E-state index < -0.39 is 20.8 Å². The van der Waals surface area contributed by atoms with Gasteiger partial charge in [-0.25, -0.2) is 13.1 Å². The van der Waals surface area contributed by atoms with Crippen molar-refractivity contribution in [2.45, 2.75) is 43.4 Å². The zero-order valence-corrected chi connectivity index (χ0v) is 9.55.